The average Bonchev–Trinajstić information content (AvgIpc) is 3.27. The Hall–Kier alpha value is -0.640. The van der Waals surface area contributed by atoms with Gasteiger partial charge in [-0.25, -0.2) is 4.39 Å². The van der Waals surface area contributed by atoms with E-state index in [1.807, 2.05) is 6.07 Å². The van der Waals surface area contributed by atoms with E-state index in [0.29, 0.717) is 18.0 Å². The van der Waals surface area contributed by atoms with E-state index in [1.54, 1.807) is 12.1 Å². The van der Waals surface area contributed by atoms with Gasteiger partial charge in [-0.1, -0.05) is 31.5 Å². The number of nitrogens with zero attached hydrogens (tertiary/aromatic N) is 1. The van der Waals surface area contributed by atoms with E-state index >= 15 is 0 Å². The molecular weight excluding hydrogens is 287 g/mol. The van der Waals surface area contributed by atoms with E-state index in [9.17, 15) is 4.39 Å². The fourth-order valence-corrected chi connectivity index (χ4v) is 3.42. The number of benzene rings is 1. The van der Waals surface area contributed by atoms with Crippen molar-refractivity contribution in [1.82, 2.24) is 10.2 Å². The zero-order chi connectivity index (χ0) is 15.0. The quantitative estimate of drug-likeness (QED) is 0.912. The van der Waals surface area contributed by atoms with Crippen LogP contribution in [0.5, 0.6) is 0 Å². The van der Waals surface area contributed by atoms with Gasteiger partial charge in [0, 0.05) is 31.7 Å². The molecule has 1 heterocycles. The summed E-state index contributed by atoms with van der Waals surface area (Å²) in [5.74, 6) is 1.13. The number of hydrogen-bond donors (Lipinski definition) is 1. The Labute approximate surface area is 131 Å². The molecule has 2 nitrogen and oxygen atoms in total. The molecule has 1 aromatic rings. The van der Waals surface area contributed by atoms with Crippen LogP contribution in [0.1, 0.15) is 32.3 Å². The van der Waals surface area contributed by atoms with Crippen LogP contribution < -0.4 is 5.32 Å². The molecule has 2 unspecified atom stereocenters. The molecule has 2 aliphatic rings. The summed E-state index contributed by atoms with van der Waals surface area (Å²) >= 11 is 5.78. The summed E-state index contributed by atoms with van der Waals surface area (Å²) in [5.41, 5.74) is 1.02. The third kappa shape index (κ3) is 3.58. The van der Waals surface area contributed by atoms with Crippen molar-refractivity contribution in [2.75, 3.05) is 13.1 Å². The standard InChI is InChI=1S/C17H24ClFN2/c1-11(2)16-10-21(17(8-20-16)13-4-5-13)9-12-3-6-14(18)15(19)7-12/h3,6-7,11,13,16-17,20H,4-5,8-10H2,1-2H3. The maximum atomic E-state index is 13.6. The predicted octanol–water partition coefficient (Wildman–Crippen LogP) is 3.69. The number of rotatable bonds is 4. The summed E-state index contributed by atoms with van der Waals surface area (Å²) in [4.78, 5) is 2.54. The molecule has 116 valence electrons. The van der Waals surface area contributed by atoms with Gasteiger partial charge in [-0.15, -0.1) is 0 Å². The van der Waals surface area contributed by atoms with Gasteiger partial charge < -0.3 is 5.32 Å². The first-order valence-corrected chi connectivity index (χ1v) is 8.33. The number of halogens is 2. The van der Waals surface area contributed by atoms with Crippen molar-refractivity contribution in [3.63, 3.8) is 0 Å². The van der Waals surface area contributed by atoms with Crippen molar-refractivity contribution in [3.05, 3.63) is 34.6 Å². The summed E-state index contributed by atoms with van der Waals surface area (Å²) in [5, 5.41) is 3.90. The minimum Gasteiger partial charge on any atom is -0.311 e. The lowest BCUT2D eigenvalue weighted by molar-refractivity contribution is 0.0925. The Balaban J connectivity index is 1.73. The molecule has 1 saturated carbocycles. The normalized spacial score (nSPS) is 27.3. The predicted molar refractivity (Wildman–Crippen MR) is 85.0 cm³/mol. The van der Waals surface area contributed by atoms with E-state index in [0.717, 1.165) is 31.1 Å². The van der Waals surface area contributed by atoms with E-state index in [1.165, 1.54) is 12.8 Å². The van der Waals surface area contributed by atoms with Crippen LogP contribution in [0.4, 0.5) is 4.39 Å². The lowest BCUT2D eigenvalue weighted by Crippen LogP contribution is -2.58. The zero-order valence-corrected chi connectivity index (χ0v) is 13.5. The molecule has 2 fully saturated rings. The molecule has 1 aliphatic heterocycles. The summed E-state index contributed by atoms with van der Waals surface area (Å²) in [6.07, 6.45) is 2.67. The van der Waals surface area contributed by atoms with Gasteiger partial charge in [-0.2, -0.15) is 0 Å². The number of nitrogens with one attached hydrogen (secondary N) is 1. The van der Waals surface area contributed by atoms with Gasteiger partial charge in [-0.3, -0.25) is 4.90 Å². The molecule has 0 spiro atoms. The largest absolute Gasteiger partial charge is 0.311 e. The maximum absolute atomic E-state index is 13.6. The van der Waals surface area contributed by atoms with Crippen LogP contribution in [-0.2, 0) is 6.54 Å². The Morgan fingerprint density at radius 2 is 2.14 bits per heavy atom. The van der Waals surface area contributed by atoms with Gasteiger partial charge in [0.05, 0.1) is 5.02 Å². The van der Waals surface area contributed by atoms with Crippen molar-refractivity contribution >= 4 is 11.6 Å². The minimum atomic E-state index is -0.312. The maximum Gasteiger partial charge on any atom is 0.142 e. The number of piperazine rings is 1. The molecular formula is C17H24ClFN2. The van der Waals surface area contributed by atoms with Crippen molar-refractivity contribution in [2.45, 2.75) is 45.3 Å². The highest BCUT2D eigenvalue weighted by Crippen LogP contribution is 2.37. The van der Waals surface area contributed by atoms with E-state index in [2.05, 4.69) is 24.1 Å². The smallest absolute Gasteiger partial charge is 0.142 e. The first-order chi connectivity index (χ1) is 10.0. The van der Waals surface area contributed by atoms with Gasteiger partial charge in [0.1, 0.15) is 5.82 Å². The first kappa shape index (κ1) is 15.3. The Kier molecular flexibility index (Phi) is 4.53. The average molecular weight is 311 g/mol. The summed E-state index contributed by atoms with van der Waals surface area (Å²) in [6.45, 7) is 7.44. The second-order valence-electron chi connectivity index (χ2n) is 6.84. The molecule has 0 amide bonds. The Morgan fingerprint density at radius 1 is 1.38 bits per heavy atom. The summed E-state index contributed by atoms with van der Waals surface area (Å²) < 4.78 is 13.6. The van der Waals surface area contributed by atoms with Crippen LogP contribution in [0.2, 0.25) is 5.02 Å². The Morgan fingerprint density at radius 3 is 2.76 bits per heavy atom. The lowest BCUT2D eigenvalue weighted by atomic mass is 9.97. The zero-order valence-electron chi connectivity index (χ0n) is 12.8. The minimum absolute atomic E-state index is 0.206. The third-order valence-electron chi connectivity index (χ3n) is 4.83. The molecule has 1 N–H and O–H groups in total. The topological polar surface area (TPSA) is 15.3 Å². The number of hydrogen-bond acceptors (Lipinski definition) is 2. The summed E-state index contributed by atoms with van der Waals surface area (Å²) in [6, 6.07) is 6.32. The lowest BCUT2D eigenvalue weighted by Gasteiger charge is -2.42. The molecule has 21 heavy (non-hydrogen) atoms. The highest BCUT2D eigenvalue weighted by atomic mass is 35.5. The van der Waals surface area contributed by atoms with Gasteiger partial charge in [0.25, 0.3) is 0 Å². The van der Waals surface area contributed by atoms with Crippen molar-refractivity contribution < 1.29 is 4.39 Å². The van der Waals surface area contributed by atoms with Crippen molar-refractivity contribution in [2.24, 2.45) is 11.8 Å². The van der Waals surface area contributed by atoms with Crippen LogP contribution >= 0.6 is 11.6 Å². The molecule has 0 radical (unpaired) electrons. The second kappa shape index (κ2) is 6.23. The van der Waals surface area contributed by atoms with Gasteiger partial charge in [0.2, 0.25) is 0 Å². The van der Waals surface area contributed by atoms with E-state index < -0.39 is 0 Å². The van der Waals surface area contributed by atoms with Crippen LogP contribution in [0.3, 0.4) is 0 Å². The van der Waals surface area contributed by atoms with E-state index in [-0.39, 0.29) is 10.8 Å². The molecule has 1 aliphatic carbocycles. The first-order valence-electron chi connectivity index (χ1n) is 7.96. The molecule has 4 heteroatoms. The van der Waals surface area contributed by atoms with Gasteiger partial charge in [-0.05, 0) is 42.4 Å². The van der Waals surface area contributed by atoms with Crippen LogP contribution in [0, 0.1) is 17.7 Å². The third-order valence-corrected chi connectivity index (χ3v) is 5.14. The van der Waals surface area contributed by atoms with Crippen molar-refractivity contribution in [1.29, 1.82) is 0 Å². The molecule has 1 saturated heterocycles. The molecule has 3 rings (SSSR count). The van der Waals surface area contributed by atoms with Crippen LogP contribution in [0.15, 0.2) is 18.2 Å². The SMILES string of the molecule is CC(C)C1CN(Cc2ccc(Cl)c(F)c2)C(C2CC2)CN1. The fourth-order valence-electron chi connectivity index (χ4n) is 3.30. The molecule has 1 aromatic carbocycles. The highest BCUT2D eigenvalue weighted by Gasteiger charge is 2.39. The van der Waals surface area contributed by atoms with Crippen molar-refractivity contribution in [3.8, 4) is 0 Å². The monoisotopic (exact) mass is 310 g/mol. The fraction of sp³-hybridized carbons (Fsp3) is 0.647. The summed E-state index contributed by atoms with van der Waals surface area (Å²) in [7, 11) is 0. The second-order valence-corrected chi connectivity index (χ2v) is 7.25. The van der Waals surface area contributed by atoms with Crippen LogP contribution in [-0.4, -0.2) is 30.1 Å². The molecule has 2 atom stereocenters. The van der Waals surface area contributed by atoms with Gasteiger partial charge >= 0.3 is 0 Å². The van der Waals surface area contributed by atoms with Crippen LogP contribution in [0.25, 0.3) is 0 Å². The van der Waals surface area contributed by atoms with E-state index in [4.69, 9.17) is 11.6 Å². The van der Waals surface area contributed by atoms with Gasteiger partial charge in [0.15, 0.2) is 0 Å². The molecule has 0 aromatic heterocycles. The Bertz CT molecular complexity index is 502. The highest BCUT2D eigenvalue weighted by molar-refractivity contribution is 6.30. The molecule has 0 bridgehead atoms.